The maximum atomic E-state index is 12.5. The summed E-state index contributed by atoms with van der Waals surface area (Å²) in [6, 6.07) is 7.74. The Morgan fingerprint density at radius 1 is 1.33 bits per heavy atom. The normalized spacial score (nSPS) is 19.4. The van der Waals surface area contributed by atoms with E-state index < -0.39 is 5.97 Å². The molecule has 0 radical (unpaired) electrons. The first kappa shape index (κ1) is 16.0. The van der Waals surface area contributed by atoms with Gasteiger partial charge in [0.05, 0.1) is 6.42 Å². The number of carbonyl (C=O) groups excluding carboxylic acids is 1. The second-order valence-corrected chi connectivity index (χ2v) is 6.26. The molecule has 4 nitrogen and oxygen atoms in total. The molecule has 1 N–H and O–H groups in total. The van der Waals surface area contributed by atoms with Crippen molar-refractivity contribution < 1.29 is 14.7 Å². The first-order valence-corrected chi connectivity index (χ1v) is 8.45. The number of hydrogen-bond donors (Lipinski definition) is 1. The molecule has 1 aromatic rings. The van der Waals surface area contributed by atoms with Crippen molar-refractivity contribution in [3.8, 4) is 0 Å². The van der Waals surface area contributed by atoms with Crippen molar-refractivity contribution in [3.05, 3.63) is 29.8 Å². The molecule has 1 aliphatic rings. The fraction of sp³-hybridized carbons (Fsp3) is 0.500. The molecule has 114 valence electrons. The van der Waals surface area contributed by atoms with E-state index >= 15 is 0 Å². The summed E-state index contributed by atoms with van der Waals surface area (Å²) in [5, 5.41) is 8.75. The number of carboxylic acid groups (broad SMARTS) is 1. The molecule has 5 heteroatoms. The van der Waals surface area contributed by atoms with Gasteiger partial charge in [0.1, 0.15) is 0 Å². The number of piperidine rings is 1. The third-order valence-corrected chi connectivity index (χ3v) is 4.64. The van der Waals surface area contributed by atoms with Gasteiger partial charge in [0, 0.05) is 29.5 Å². The summed E-state index contributed by atoms with van der Waals surface area (Å²) in [4.78, 5) is 26.4. The van der Waals surface area contributed by atoms with Crippen LogP contribution in [-0.4, -0.2) is 47.6 Å². The van der Waals surface area contributed by atoms with Crippen LogP contribution in [0, 0.1) is 5.92 Å². The molecule has 1 saturated heterocycles. The van der Waals surface area contributed by atoms with E-state index in [1.807, 2.05) is 30.5 Å². The van der Waals surface area contributed by atoms with Gasteiger partial charge in [-0.25, -0.2) is 0 Å². The molecule has 1 fully saturated rings. The number of Topliss-reactive ketones (excluding diaryl/α,β-unsaturated/α-hetero) is 1. The van der Waals surface area contributed by atoms with Crippen molar-refractivity contribution in [1.29, 1.82) is 0 Å². The van der Waals surface area contributed by atoms with E-state index in [1.165, 1.54) is 0 Å². The Labute approximate surface area is 129 Å². The van der Waals surface area contributed by atoms with Gasteiger partial charge in [-0.05, 0) is 37.8 Å². The van der Waals surface area contributed by atoms with E-state index in [-0.39, 0.29) is 18.1 Å². The SMILES string of the molecule is CSc1ccc(C(=O)C2CCCN(CCC(=O)O)C2)cc1. The predicted molar refractivity (Wildman–Crippen MR) is 84.0 cm³/mol. The maximum absolute atomic E-state index is 12.5. The van der Waals surface area contributed by atoms with E-state index in [2.05, 4.69) is 4.90 Å². The van der Waals surface area contributed by atoms with Crippen LogP contribution in [0.3, 0.4) is 0 Å². The van der Waals surface area contributed by atoms with E-state index in [0.29, 0.717) is 13.1 Å². The maximum Gasteiger partial charge on any atom is 0.304 e. The smallest absolute Gasteiger partial charge is 0.304 e. The van der Waals surface area contributed by atoms with Crippen LogP contribution in [0.2, 0.25) is 0 Å². The Morgan fingerprint density at radius 2 is 2.05 bits per heavy atom. The third kappa shape index (κ3) is 4.58. The molecule has 1 heterocycles. The van der Waals surface area contributed by atoms with Crippen LogP contribution in [0.4, 0.5) is 0 Å². The highest BCUT2D eigenvalue weighted by molar-refractivity contribution is 7.98. The topological polar surface area (TPSA) is 57.6 Å². The molecular formula is C16H21NO3S. The first-order chi connectivity index (χ1) is 10.1. The number of thioether (sulfide) groups is 1. The minimum absolute atomic E-state index is 0.00678. The van der Waals surface area contributed by atoms with Gasteiger partial charge in [0.25, 0.3) is 0 Å². The summed E-state index contributed by atoms with van der Waals surface area (Å²) in [6.07, 6.45) is 4.01. The van der Waals surface area contributed by atoms with E-state index in [9.17, 15) is 9.59 Å². The van der Waals surface area contributed by atoms with Crippen LogP contribution < -0.4 is 0 Å². The number of carbonyl (C=O) groups is 2. The molecule has 0 spiro atoms. The zero-order valence-corrected chi connectivity index (χ0v) is 13.1. The molecule has 0 saturated carbocycles. The lowest BCUT2D eigenvalue weighted by molar-refractivity contribution is -0.137. The average molecular weight is 307 g/mol. The van der Waals surface area contributed by atoms with Crippen LogP contribution in [0.15, 0.2) is 29.2 Å². The van der Waals surface area contributed by atoms with Crippen LogP contribution in [0.1, 0.15) is 29.6 Å². The van der Waals surface area contributed by atoms with Crippen LogP contribution in [0.5, 0.6) is 0 Å². The lowest BCUT2D eigenvalue weighted by Gasteiger charge is -2.31. The van der Waals surface area contributed by atoms with E-state index in [1.54, 1.807) is 11.8 Å². The van der Waals surface area contributed by atoms with Crippen molar-refractivity contribution >= 4 is 23.5 Å². The highest BCUT2D eigenvalue weighted by Crippen LogP contribution is 2.22. The Morgan fingerprint density at radius 3 is 2.67 bits per heavy atom. The molecule has 0 amide bonds. The summed E-state index contributed by atoms with van der Waals surface area (Å²) in [7, 11) is 0. The highest BCUT2D eigenvalue weighted by Gasteiger charge is 2.26. The third-order valence-electron chi connectivity index (χ3n) is 3.89. The molecule has 2 rings (SSSR count). The zero-order chi connectivity index (χ0) is 15.2. The summed E-state index contributed by atoms with van der Waals surface area (Å²) >= 11 is 1.66. The van der Waals surface area contributed by atoms with Crippen molar-refractivity contribution in [3.63, 3.8) is 0 Å². The average Bonchev–Trinajstić information content (AvgIpc) is 2.52. The fourth-order valence-corrected chi connectivity index (χ4v) is 3.13. The van der Waals surface area contributed by atoms with Gasteiger partial charge in [0.15, 0.2) is 5.78 Å². The van der Waals surface area contributed by atoms with Gasteiger partial charge >= 0.3 is 5.97 Å². The molecule has 1 aliphatic heterocycles. The minimum atomic E-state index is -0.781. The van der Waals surface area contributed by atoms with Gasteiger partial charge in [-0.3, -0.25) is 9.59 Å². The van der Waals surface area contributed by atoms with Crippen molar-refractivity contribution in [2.45, 2.75) is 24.2 Å². The van der Waals surface area contributed by atoms with Crippen LogP contribution >= 0.6 is 11.8 Å². The lowest BCUT2D eigenvalue weighted by Crippen LogP contribution is -2.39. The monoisotopic (exact) mass is 307 g/mol. The van der Waals surface area contributed by atoms with Gasteiger partial charge in [0.2, 0.25) is 0 Å². The molecule has 1 unspecified atom stereocenters. The lowest BCUT2D eigenvalue weighted by atomic mass is 9.90. The quantitative estimate of drug-likeness (QED) is 0.647. The molecule has 0 aromatic heterocycles. The van der Waals surface area contributed by atoms with Crippen molar-refractivity contribution in [1.82, 2.24) is 4.90 Å². The van der Waals surface area contributed by atoms with Gasteiger partial charge in [-0.15, -0.1) is 11.8 Å². The standard InChI is InChI=1S/C16H21NO3S/c1-21-14-6-4-12(5-7-14)16(20)13-3-2-9-17(11-13)10-8-15(18)19/h4-7,13H,2-3,8-11H2,1H3,(H,18,19). The number of carboxylic acids is 1. The summed E-state index contributed by atoms with van der Waals surface area (Å²) in [6.45, 7) is 2.10. The molecule has 1 aromatic carbocycles. The molecule has 0 aliphatic carbocycles. The second kappa shape index (κ2) is 7.61. The number of rotatable bonds is 6. The van der Waals surface area contributed by atoms with Crippen molar-refractivity contribution in [2.75, 3.05) is 25.9 Å². The van der Waals surface area contributed by atoms with Crippen molar-refractivity contribution in [2.24, 2.45) is 5.92 Å². The van der Waals surface area contributed by atoms with Crippen LogP contribution in [-0.2, 0) is 4.79 Å². The number of ketones is 1. The summed E-state index contributed by atoms with van der Waals surface area (Å²) in [5.74, 6) is -0.605. The fourth-order valence-electron chi connectivity index (χ4n) is 2.72. The predicted octanol–water partition coefficient (Wildman–Crippen LogP) is 2.78. The number of aliphatic carboxylic acids is 1. The Bertz CT molecular complexity index is 501. The first-order valence-electron chi connectivity index (χ1n) is 7.22. The van der Waals surface area contributed by atoms with E-state index in [4.69, 9.17) is 5.11 Å². The number of hydrogen-bond acceptors (Lipinski definition) is 4. The zero-order valence-electron chi connectivity index (χ0n) is 12.2. The van der Waals surface area contributed by atoms with E-state index in [0.717, 1.165) is 29.8 Å². The minimum Gasteiger partial charge on any atom is -0.481 e. The Balaban J connectivity index is 1.96. The summed E-state index contributed by atoms with van der Waals surface area (Å²) < 4.78 is 0. The molecule has 0 bridgehead atoms. The summed E-state index contributed by atoms with van der Waals surface area (Å²) in [5.41, 5.74) is 0.762. The van der Waals surface area contributed by atoms with Crippen LogP contribution in [0.25, 0.3) is 0 Å². The highest BCUT2D eigenvalue weighted by atomic mass is 32.2. The Kier molecular flexibility index (Phi) is 5.82. The molecule has 21 heavy (non-hydrogen) atoms. The molecule has 1 atom stereocenters. The number of benzene rings is 1. The van der Waals surface area contributed by atoms with Gasteiger partial charge in [-0.1, -0.05) is 12.1 Å². The Hall–Kier alpha value is -1.33. The number of likely N-dealkylation sites (tertiary alicyclic amines) is 1. The van der Waals surface area contributed by atoms with Gasteiger partial charge in [-0.2, -0.15) is 0 Å². The second-order valence-electron chi connectivity index (χ2n) is 5.38. The van der Waals surface area contributed by atoms with Gasteiger partial charge < -0.3 is 10.0 Å². The molecular weight excluding hydrogens is 286 g/mol. The number of nitrogens with zero attached hydrogens (tertiary/aromatic N) is 1. The largest absolute Gasteiger partial charge is 0.481 e.